The van der Waals surface area contributed by atoms with E-state index in [0.29, 0.717) is 18.0 Å². The molecule has 0 saturated heterocycles. The van der Waals surface area contributed by atoms with Crippen LogP contribution in [0.2, 0.25) is 0 Å². The molecule has 132 valence electrons. The molecule has 0 aliphatic rings. The van der Waals surface area contributed by atoms with Crippen molar-refractivity contribution in [2.24, 2.45) is 0 Å². The molecule has 0 fully saturated rings. The maximum atomic E-state index is 12.3. The Balaban J connectivity index is 1.83. The topological polar surface area (TPSA) is 67.4 Å². The first-order chi connectivity index (χ1) is 12.1. The van der Waals surface area contributed by atoms with Gasteiger partial charge in [0, 0.05) is 5.69 Å². The van der Waals surface area contributed by atoms with Crippen LogP contribution >= 0.6 is 11.8 Å². The zero-order chi connectivity index (χ0) is 18.1. The first-order valence-electron chi connectivity index (χ1n) is 8.09. The van der Waals surface area contributed by atoms with Gasteiger partial charge in [0.15, 0.2) is 0 Å². The molecule has 0 heterocycles. The van der Waals surface area contributed by atoms with Gasteiger partial charge in [0.05, 0.1) is 23.3 Å². The summed E-state index contributed by atoms with van der Waals surface area (Å²) in [6, 6.07) is 16.5. The van der Waals surface area contributed by atoms with Crippen LogP contribution in [-0.4, -0.2) is 29.4 Å². The van der Waals surface area contributed by atoms with Crippen LogP contribution in [0.5, 0.6) is 5.75 Å². The summed E-state index contributed by atoms with van der Waals surface area (Å²) in [5, 5.41) is 5.29. The Kier molecular flexibility index (Phi) is 7.35. The zero-order valence-electron chi connectivity index (χ0n) is 14.3. The molecule has 0 aliphatic heterocycles. The molecule has 25 heavy (non-hydrogen) atoms. The van der Waals surface area contributed by atoms with E-state index in [0.717, 1.165) is 5.69 Å². The van der Waals surface area contributed by atoms with Gasteiger partial charge in [0.1, 0.15) is 5.75 Å². The molecule has 0 bridgehead atoms. The van der Waals surface area contributed by atoms with Crippen molar-refractivity contribution in [3.05, 3.63) is 54.6 Å². The van der Waals surface area contributed by atoms with Crippen LogP contribution in [0.25, 0.3) is 0 Å². The van der Waals surface area contributed by atoms with E-state index in [4.69, 9.17) is 4.74 Å². The molecule has 5 nitrogen and oxygen atoms in total. The molecule has 2 aromatic rings. The van der Waals surface area contributed by atoms with Crippen molar-refractivity contribution in [1.82, 2.24) is 0 Å². The van der Waals surface area contributed by atoms with Crippen LogP contribution in [-0.2, 0) is 9.59 Å². The molecule has 0 aliphatic carbocycles. The van der Waals surface area contributed by atoms with E-state index in [2.05, 4.69) is 10.6 Å². The van der Waals surface area contributed by atoms with Crippen molar-refractivity contribution in [1.29, 1.82) is 0 Å². The average molecular weight is 358 g/mol. The van der Waals surface area contributed by atoms with E-state index in [1.807, 2.05) is 55.5 Å². The van der Waals surface area contributed by atoms with Crippen molar-refractivity contribution in [3.8, 4) is 5.75 Å². The van der Waals surface area contributed by atoms with E-state index in [1.54, 1.807) is 13.0 Å². The van der Waals surface area contributed by atoms with Crippen molar-refractivity contribution < 1.29 is 14.3 Å². The summed E-state index contributed by atoms with van der Waals surface area (Å²) in [7, 11) is 0. The number of para-hydroxylation sites is 3. The molecule has 2 rings (SSSR count). The lowest BCUT2D eigenvalue weighted by molar-refractivity contribution is -0.115. The fourth-order valence-electron chi connectivity index (χ4n) is 2.08. The summed E-state index contributed by atoms with van der Waals surface area (Å²) in [5.74, 6) is 0.545. The maximum absolute atomic E-state index is 12.3. The largest absolute Gasteiger partial charge is 0.492 e. The molecular formula is C19H22N2O3S. The summed E-state index contributed by atoms with van der Waals surface area (Å²) in [4.78, 5) is 24.3. The van der Waals surface area contributed by atoms with Crippen LogP contribution < -0.4 is 15.4 Å². The van der Waals surface area contributed by atoms with Gasteiger partial charge in [-0.15, -0.1) is 11.8 Å². The third-order valence-corrected chi connectivity index (χ3v) is 4.48. The lowest BCUT2D eigenvalue weighted by atomic mass is 10.3. The second-order valence-electron chi connectivity index (χ2n) is 5.29. The highest BCUT2D eigenvalue weighted by atomic mass is 32.2. The number of carbonyl (C=O) groups is 2. The number of rotatable bonds is 8. The minimum absolute atomic E-state index is 0.134. The number of ether oxygens (including phenoxy) is 1. The second-order valence-corrected chi connectivity index (χ2v) is 6.61. The second kappa shape index (κ2) is 9.74. The summed E-state index contributed by atoms with van der Waals surface area (Å²) < 4.78 is 5.50. The quantitative estimate of drug-likeness (QED) is 0.753. The molecular weight excluding hydrogens is 336 g/mol. The van der Waals surface area contributed by atoms with Gasteiger partial charge in [-0.05, 0) is 38.1 Å². The summed E-state index contributed by atoms with van der Waals surface area (Å²) >= 11 is 1.29. The zero-order valence-corrected chi connectivity index (χ0v) is 15.1. The van der Waals surface area contributed by atoms with Gasteiger partial charge in [0.2, 0.25) is 11.8 Å². The number of carbonyl (C=O) groups excluding carboxylic acids is 2. The molecule has 0 unspecified atom stereocenters. The van der Waals surface area contributed by atoms with Gasteiger partial charge in [-0.1, -0.05) is 30.3 Å². The van der Waals surface area contributed by atoms with E-state index in [1.165, 1.54) is 11.8 Å². The van der Waals surface area contributed by atoms with Crippen molar-refractivity contribution in [3.63, 3.8) is 0 Å². The SMILES string of the molecule is CCOc1ccccc1NC(=O)[C@H](C)SCC(=O)Nc1ccccc1. The molecule has 2 N–H and O–H groups in total. The molecule has 1 atom stereocenters. The van der Waals surface area contributed by atoms with Gasteiger partial charge in [0.25, 0.3) is 0 Å². The Morgan fingerprint density at radius 2 is 1.72 bits per heavy atom. The highest BCUT2D eigenvalue weighted by Crippen LogP contribution is 2.25. The van der Waals surface area contributed by atoms with Gasteiger partial charge >= 0.3 is 0 Å². The number of thioether (sulfide) groups is 1. The van der Waals surface area contributed by atoms with Crippen molar-refractivity contribution in [2.75, 3.05) is 23.0 Å². The van der Waals surface area contributed by atoms with E-state index in [9.17, 15) is 9.59 Å². The van der Waals surface area contributed by atoms with E-state index < -0.39 is 0 Å². The predicted octanol–water partition coefficient (Wildman–Crippen LogP) is 3.78. The maximum Gasteiger partial charge on any atom is 0.237 e. The Bertz CT molecular complexity index is 707. The number of anilines is 2. The minimum Gasteiger partial charge on any atom is -0.492 e. The third kappa shape index (κ3) is 6.15. The Hall–Kier alpha value is -2.47. The lowest BCUT2D eigenvalue weighted by Crippen LogP contribution is -2.25. The fraction of sp³-hybridized carbons (Fsp3) is 0.263. The standard InChI is InChI=1S/C19H22N2O3S/c1-3-24-17-12-8-7-11-16(17)21-19(23)14(2)25-13-18(22)20-15-9-5-4-6-10-15/h4-12,14H,3,13H2,1-2H3,(H,20,22)(H,21,23)/t14-/m0/s1. The Morgan fingerprint density at radius 3 is 2.44 bits per heavy atom. The molecule has 0 radical (unpaired) electrons. The number of hydrogen-bond acceptors (Lipinski definition) is 4. The predicted molar refractivity (Wildman–Crippen MR) is 103 cm³/mol. The third-order valence-electron chi connectivity index (χ3n) is 3.34. The molecule has 2 aromatic carbocycles. The molecule has 6 heteroatoms. The smallest absolute Gasteiger partial charge is 0.237 e. The first kappa shape index (κ1) is 18.9. The van der Waals surface area contributed by atoms with Crippen molar-refractivity contribution >= 4 is 35.0 Å². The monoisotopic (exact) mass is 358 g/mol. The highest BCUT2D eigenvalue weighted by molar-refractivity contribution is 8.01. The van der Waals surface area contributed by atoms with Crippen LogP contribution in [0.3, 0.4) is 0 Å². The number of hydrogen-bond donors (Lipinski definition) is 2. The van der Waals surface area contributed by atoms with E-state index in [-0.39, 0.29) is 22.8 Å². The summed E-state index contributed by atoms with van der Waals surface area (Å²) in [5.41, 5.74) is 1.38. The van der Waals surface area contributed by atoms with E-state index >= 15 is 0 Å². The normalized spacial score (nSPS) is 11.4. The van der Waals surface area contributed by atoms with Gasteiger partial charge in [-0.2, -0.15) is 0 Å². The number of benzene rings is 2. The minimum atomic E-state index is -0.365. The van der Waals surface area contributed by atoms with Crippen LogP contribution in [0, 0.1) is 0 Å². The highest BCUT2D eigenvalue weighted by Gasteiger charge is 2.17. The molecule has 0 spiro atoms. The molecule has 2 amide bonds. The average Bonchev–Trinajstić information content (AvgIpc) is 2.62. The summed E-state index contributed by atoms with van der Waals surface area (Å²) in [6.07, 6.45) is 0. The fourth-order valence-corrected chi connectivity index (χ4v) is 2.76. The van der Waals surface area contributed by atoms with Crippen LogP contribution in [0.4, 0.5) is 11.4 Å². The number of amides is 2. The molecule has 0 aromatic heterocycles. The van der Waals surface area contributed by atoms with Crippen LogP contribution in [0.1, 0.15) is 13.8 Å². The summed E-state index contributed by atoms with van der Waals surface area (Å²) in [6.45, 7) is 4.19. The van der Waals surface area contributed by atoms with Gasteiger partial charge < -0.3 is 15.4 Å². The van der Waals surface area contributed by atoms with Crippen molar-refractivity contribution in [2.45, 2.75) is 19.1 Å². The lowest BCUT2D eigenvalue weighted by Gasteiger charge is -2.14. The van der Waals surface area contributed by atoms with Crippen LogP contribution in [0.15, 0.2) is 54.6 Å². The Labute approximate surface area is 152 Å². The molecule has 0 saturated carbocycles. The van der Waals surface area contributed by atoms with Gasteiger partial charge in [-0.3, -0.25) is 9.59 Å². The Morgan fingerprint density at radius 1 is 1.04 bits per heavy atom. The number of nitrogens with one attached hydrogen (secondary N) is 2. The van der Waals surface area contributed by atoms with Gasteiger partial charge in [-0.25, -0.2) is 0 Å². The first-order valence-corrected chi connectivity index (χ1v) is 9.14.